The van der Waals surface area contributed by atoms with Gasteiger partial charge in [0.2, 0.25) is 0 Å². The normalized spacial score (nSPS) is 11.9. The van der Waals surface area contributed by atoms with Gasteiger partial charge in [0, 0.05) is 20.1 Å². The lowest BCUT2D eigenvalue weighted by Gasteiger charge is -2.16. The Bertz CT molecular complexity index is 344. The molecule has 0 saturated carbocycles. The van der Waals surface area contributed by atoms with E-state index in [0.29, 0.717) is 6.54 Å². The Morgan fingerprint density at radius 3 is 2.32 bits per heavy atom. The van der Waals surface area contributed by atoms with E-state index in [0.717, 1.165) is 23.6 Å². The van der Waals surface area contributed by atoms with E-state index in [2.05, 4.69) is 11.6 Å². The minimum Gasteiger partial charge on any atom is -0.481 e. The molecule has 0 aromatic carbocycles. The number of nitrogens with zero attached hydrogens (tertiary/aromatic N) is 1. The Kier molecular flexibility index (Phi) is 9.81. The van der Waals surface area contributed by atoms with Gasteiger partial charge in [-0.3, -0.25) is 4.79 Å². The molecule has 6 nitrogen and oxygen atoms in total. The van der Waals surface area contributed by atoms with Gasteiger partial charge in [-0.05, 0) is 6.42 Å². The highest BCUT2D eigenvalue weighted by molar-refractivity contribution is 7.87. The van der Waals surface area contributed by atoms with Crippen molar-refractivity contribution in [1.82, 2.24) is 9.03 Å². The van der Waals surface area contributed by atoms with E-state index in [-0.39, 0.29) is 13.0 Å². The summed E-state index contributed by atoms with van der Waals surface area (Å²) in [5.41, 5.74) is 0. The SMILES string of the molecule is CCCCCCCCNS(=O)(=O)N(C)CCC(=O)O. The van der Waals surface area contributed by atoms with Gasteiger partial charge in [-0.2, -0.15) is 12.7 Å². The summed E-state index contributed by atoms with van der Waals surface area (Å²) in [6.45, 7) is 2.55. The van der Waals surface area contributed by atoms with Gasteiger partial charge in [0.05, 0.1) is 6.42 Å². The van der Waals surface area contributed by atoms with Crippen LogP contribution in [-0.2, 0) is 15.0 Å². The highest BCUT2D eigenvalue weighted by Gasteiger charge is 2.17. The van der Waals surface area contributed by atoms with Crippen LogP contribution in [0.1, 0.15) is 51.9 Å². The second-order valence-corrected chi connectivity index (χ2v) is 6.49. The summed E-state index contributed by atoms with van der Waals surface area (Å²) in [7, 11) is -2.15. The van der Waals surface area contributed by atoms with Crippen LogP contribution in [0.4, 0.5) is 0 Å². The molecule has 0 atom stereocenters. The van der Waals surface area contributed by atoms with E-state index in [1.807, 2.05) is 0 Å². The van der Waals surface area contributed by atoms with Gasteiger partial charge in [-0.25, -0.2) is 4.72 Å². The van der Waals surface area contributed by atoms with E-state index in [1.54, 1.807) is 0 Å². The smallest absolute Gasteiger partial charge is 0.304 e. The van der Waals surface area contributed by atoms with Gasteiger partial charge in [0.15, 0.2) is 0 Å². The van der Waals surface area contributed by atoms with Crippen molar-refractivity contribution in [2.24, 2.45) is 0 Å². The summed E-state index contributed by atoms with van der Waals surface area (Å²) in [5, 5.41) is 8.50. The zero-order chi connectivity index (χ0) is 14.7. The van der Waals surface area contributed by atoms with Crippen molar-refractivity contribution in [2.45, 2.75) is 51.9 Å². The number of unbranched alkanes of at least 4 members (excludes halogenated alkanes) is 5. The van der Waals surface area contributed by atoms with E-state index in [4.69, 9.17) is 5.11 Å². The summed E-state index contributed by atoms with van der Waals surface area (Å²) in [6, 6.07) is 0. The molecule has 0 rings (SSSR count). The van der Waals surface area contributed by atoms with Crippen molar-refractivity contribution in [1.29, 1.82) is 0 Å². The van der Waals surface area contributed by atoms with Crippen LogP contribution in [0.2, 0.25) is 0 Å². The molecule has 0 aromatic rings. The Labute approximate surface area is 116 Å². The van der Waals surface area contributed by atoms with Crippen LogP contribution in [0.15, 0.2) is 0 Å². The van der Waals surface area contributed by atoms with E-state index < -0.39 is 16.2 Å². The maximum absolute atomic E-state index is 11.7. The lowest BCUT2D eigenvalue weighted by molar-refractivity contribution is -0.137. The summed E-state index contributed by atoms with van der Waals surface area (Å²) in [5.74, 6) is -1.00. The molecule has 0 aliphatic rings. The van der Waals surface area contributed by atoms with E-state index >= 15 is 0 Å². The molecule has 0 aromatic heterocycles. The fraction of sp³-hybridized carbons (Fsp3) is 0.917. The molecule has 0 unspecified atom stereocenters. The minimum atomic E-state index is -3.53. The van der Waals surface area contributed by atoms with Crippen LogP contribution in [0, 0.1) is 0 Å². The molecule has 7 heteroatoms. The number of rotatable bonds is 12. The van der Waals surface area contributed by atoms with Crippen molar-refractivity contribution in [2.75, 3.05) is 20.1 Å². The molecule has 0 amide bonds. The van der Waals surface area contributed by atoms with Gasteiger partial charge in [-0.15, -0.1) is 0 Å². The molecular weight excluding hydrogens is 268 g/mol. The van der Waals surface area contributed by atoms with Crippen LogP contribution in [-0.4, -0.2) is 43.9 Å². The Morgan fingerprint density at radius 1 is 1.16 bits per heavy atom. The van der Waals surface area contributed by atoms with Crippen molar-refractivity contribution in [3.05, 3.63) is 0 Å². The van der Waals surface area contributed by atoms with Crippen molar-refractivity contribution < 1.29 is 18.3 Å². The van der Waals surface area contributed by atoms with Crippen molar-refractivity contribution in [3.8, 4) is 0 Å². The predicted molar refractivity (Wildman–Crippen MR) is 75.2 cm³/mol. The molecule has 0 radical (unpaired) electrons. The number of hydrogen-bond donors (Lipinski definition) is 2. The Morgan fingerprint density at radius 2 is 1.74 bits per heavy atom. The standard InChI is InChI=1S/C12H26N2O4S/c1-3-4-5-6-7-8-10-13-19(17,18)14(2)11-9-12(15)16/h13H,3-11H2,1-2H3,(H,15,16). The summed E-state index contributed by atoms with van der Waals surface area (Å²) >= 11 is 0. The maximum atomic E-state index is 11.7. The third-order valence-corrected chi connectivity index (χ3v) is 4.44. The van der Waals surface area contributed by atoms with E-state index in [1.165, 1.54) is 26.3 Å². The zero-order valence-corrected chi connectivity index (χ0v) is 12.7. The molecule has 0 fully saturated rings. The average Bonchev–Trinajstić information content (AvgIpc) is 2.34. The first-order valence-corrected chi connectivity index (χ1v) is 8.27. The molecule has 2 N–H and O–H groups in total. The molecule has 114 valence electrons. The number of carboxylic acid groups (broad SMARTS) is 1. The highest BCUT2D eigenvalue weighted by Crippen LogP contribution is 2.04. The fourth-order valence-corrected chi connectivity index (χ4v) is 2.54. The van der Waals surface area contributed by atoms with E-state index in [9.17, 15) is 13.2 Å². The molecule has 0 aliphatic heterocycles. The van der Waals surface area contributed by atoms with Gasteiger partial charge < -0.3 is 5.11 Å². The summed E-state index contributed by atoms with van der Waals surface area (Å²) < 4.78 is 26.9. The minimum absolute atomic E-state index is 0.0127. The monoisotopic (exact) mass is 294 g/mol. The first-order valence-electron chi connectivity index (χ1n) is 6.83. The second-order valence-electron chi connectivity index (χ2n) is 4.63. The summed E-state index contributed by atoms with van der Waals surface area (Å²) in [6.07, 6.45) is 6.39. The summed E-state index contributed by atoms with van der Waals surface area (Å²) in [4.78, 5) is 10.4. The largest absolute Gasteiger partial charge is 0.481 e. The van der Waals surface area contributed by atoms with Crippen LogP contribution < -0.4 is 4.72 Å². The van der Waals surface area contributed by atoms with Crippen LogP contribution in [0.5, 0.6) is 0 Å². The molecule has 0 saturated heterocycles. The van der Waals surface area contributed by atoms with Crippen LogP contribution >= 0.6 is 0 Å². The molecule has 0 aliphatic carbocycles. The third kappa shape index (κ3) is 9.86. The highest BCUT2D eigenvalue weighted by atomic mass is 32.2. The number of nitrogens with one attached hydrogen (secondary N) is 1. The van der Waals surface area contributed by atoms with Gasteiger partial charge >= 0.3 is 5.97 Å². The average molecular weight is 294 g/mol. The Balaban J connectivity index is 3.75. The van der Waals surface area contributed by atoms with Crippen LogP contribution in [0.25, 0.3) is 0 Å². The lowest BCUT2D eigenvalue weighted by Crippen LogP contribution is -2.39. The van der Waals surface area contributed by atoms with Gasteiger partial charge in [0.25, 0.3) is 10.2 Å². The van der Waals surface area contributed by atoms with Gasteiger partial charge in [0.1, 0.15) is 0 Å². The zero-order valence-electron chi connectivity index (χ0n) is 11.9. The molecular formula is C12H26N2O4S. The van der Waals surface area contributed by atoms with Gasteiger partial charge in [-0.1, -0.05) is 39.0 Å². The number of carbonyl (C=O) groups is 1. The quantitative estimate of drug-likeness (QED) is 0.535. The first-order chi connectivity index (χ1) is 8.90. The van der Waals surface area contributed by atoms with Crippen LogP contribution in [0.3, 0.4) is 0 Å². The first kappa shape index (κ1) is 18.3. The number of carboxylic acids is 1. The molecule has 0 heterocycles. The number of hydrogen-bond acceptors (Lipinski definition) is 3. The van der Waals surface area contributed by atoms with Crippen molar-refractivity contribution >= 4 is 16.2 Å². The number of aliphatic carboxylic acids is 1. The lowest BCUT2D eigenvalue weighted by atomic mass is 10.1. The predicted octanol–water partition coefficient (Wildman–Crippen LogP) is 1.59. The molecule has 0 bridgehead atoms. The molecule has 19 heavy (non-hydrogen) atoms. The van der Waals surface area contributed by atoms with Crippen molar-refractivity contribution in [3.63, 3.8) is 0 Å². The second kappa shape index (κ2) is 10.2. The Hall–Kier alpha value is -0.660. The third-order valence-electron chi connectivity index (χ3n) is 2.87. The molecule has 0 spiro atoms. The fourth-order valence-electron chi connectivity index (χ4n) is 1.59. The maximum Gasteiger partial charge on any atom is 0.304 e. The topological polar surface area (TPSA) is 86.7 Å².